The number of fused-ring (bicyclic) bond motifs is 1. The van der Waals surface area contributed by atoms with E-state index in [0.29, 0.717) is 24.2 Å². The Labute approximate surface area is 122 Å². The fourth-order valence-electron chi connectivity index (χ4n) is 2.67. The summed E-state index contributed by atoms with van der Waals surface area (Å²) in [4.78, 5) is 26.4. The van der Waals surface area contributed by atoms with Crippen molar-refractivity contribution in [1.82, 2.24) is 10.2 Å². The van der Waals surface area contributed by atoms with E-state index < -0.39 is 5.54 Å². The summed E-state index contributed by atoms with van der Waals surface area (Å²) in [6.07, 6.45) is 1.50. The predicted molar refractivity (Wildman–Crippen MR) is 79.2 cm³/mol. The molecule has 0 atom stereocenters. The van der Waals surface area contributed by atoms with Gasteiger partial charge in [0.05, 0.1) is 17.6 Å². The van der Waals surface area contributed by atoms with Crippen LogP contribution in [0.4, 0.5) is 0 Å². The fourth-order valence-corrected chi connectivity index (χ4v) is 2.67. The van der Waals surface area contributed by atoms with E-state index in [1.807, 2.05) is 43.0 Å². The minimum atomic E-state index is -0.673. The number of hydrogen-bond acceptors (Lipinski definition) is 4. The van der Waals surface area contributed by atoms with Crippen LogP contribution in [0.15, 0.2) is 34.9 Å². The topological polar surface area (TPSA) is 62.6 Å². The monoisotopic (exact) mass is 286 g/mol. The second-order valence-corrected chi connectivity index (χ2v) is 5.81. The van der Waals surface area contributed by atoms with E-state index >= 15 is 0 Å². The van der Waals surface area contributed by atoms with Crippen molar-refractivity contribution in [3.63, 3.8) is 0 Å². The summed E-state index contributed by atoms with van der Waals surface area (Å²) in [5, 5.41) is 3.65. The largest absolute Gasteiger partial charge is 0.464 e. The molecule has 1 aliphatic heterocycles. The number of amides is 1. The molecule has 1 aliphatic rings. The molecule has 2 heterocycles. The lowest BCUT2D eigenvalue weighted by molar-refractivity contribution is -0.134. The summed E-state index contributed by atoms with van der Waals surface area (Å²) >= 11 is 0. The number of benzene rings is 1. The fraction of sp³-hybridized carbons (Fsp3) is 0.375. The molecule has 0 bridgehead atoms. The minimum absolute atomic E-state index is 0.0253. The molecule has 1 aromatic heterocycles. The Morgan fingerprint density at radius 1 is 1.38 bits per heavy atom. The van der Waals surface area contributed by atoms with Gasteiger partial charge in [-0.1, -0.05) is 18.2 Å². The second kappa shape index (κ2) is 5.00. The molecule has 1 aromatic carbocycles. The van der Waals surface area contributed by atoms with Crippen LogP contribution in [0.25, 0.3) is 11.0 Å². The van der Waals surface area contributed by atoms with Gasteiger partial charge in [0.2, 0.25) is 5.91 Å². The number of nitrogens with one attached hydrogen (secondary N) is 1. The summed E-state index contributed by atoms with van der Waals surface area (Å²) in [7, 11) is 0. The highest BCUT2D eigenvalue weighted by Gasteiger charge is 2.38. The Balaban J connectivity index is 1.85. The van der Waals surface area contributed by atoms with Crippen molar-refractivity contribution >= 4 is 22.7 Å². The molecule has 0 spiro atoms. The van der Waals surface area contributed by atoms with E-state index in [9.17, 15) is 9.59 Å². The van der Waals surface area contributed by atoms with Gasteiger partial charge in [-0.05, 0) is 19.9 Å². The molecule has 110 valence electrons. The summed E-state index contributed by atoms with van der Waals surface area (Å²) in [6.45, 7) is 5.12. The minimum Gasteiger partial charge on any atom is -0.464 e. The number of rotatable bonds is 3. The number of carbonyl (C=O) groups excluding carboxylic acids is 2. The molecule has 1 saturated heterocycles. The molecule has 1 N–H and O–H groups in total. The first-order valence-corrected chi connectivity index (χ1v) is 7.03. The third-order valence-electron chi connectivity index (χ3n) is 4.13. The van der Waals surface area contributed by atoms with E-state index in [0.717, 1.165) is 5.39 Å². The van der Waals surface area contributed by atoms with Crippen molar-refractivity contribution in [2.24, 2.45) is 0 Å². The number of nitrogens with zero attached hydrogens (tertiary/aromatic N) is 1. The van der Waals surface area contributed by atoms with Crippen LogP contribution in [0.1, 0.15) is 24.2 Å². The Bertz CT molecular complexity index is 702. The van der Waals surface area contributed by atoms with Gasteiger partial charge in [0.1, 0.15) is 11.8 Å². The first-order valence-electron chi connectivity index (χ1n) is 7.03. The highest BCUT2D eigenvalue weighted by atomic mass is 16.3. The Hall–Kier alpha value is -2.14. The van der Waals surface area contributed by atoms with Gasteiger partial charge in [-0.2, -0.15) is 0 Å². The molecule has 0 saturated carbocycles. The van der Waals surface area contributed by atoms with Crippen molar-refractivity contribution in [2.45, 2.75) is 19.4 Å². The standard InChI is InChI=1S/C16H18N2O3/c1-16(2)15(20)17-7-8-18(16)9-13(19)12-10-21-14-6-4-3-5-11(12)14/h3-6,10H,7-9H2,1-2H3,(H,17,20). The summed E-state index contributed by atoms with van der Waals surface area (Å²) in [5.41, 5.74) is 0.608. The maximum absolute atomic E-state index is 12.5. The third-order valence-corrected chi connectivity index (χ3v) is 4.13. The van der Waals surface area contributed by atoms with Crippen LogP contribution in [0, 0.1) is 0 Å². The van der Waals surface area contributed by atoms with Crippen molar-refractivity contribution in [3.8, 4) is 0 Å². The quantitative estimate of drug-likeness (QED) is 0.874. The zero-order valence-corrected chi connectivity index (χ0v) is 12.2. The van der Waals surface area contributed by atoms with Crippen molar-refractivity contribution in [2.75, 3.05) is 19.6 Å². The first-order chi connectivity index (χ1) is 10.00. The molecule has 0 radical (unpaired) electrons. The van der Waals surface area contributed by atoms with Crippen molar-refractivity contribution in [1.29, 1.82) is 0 Å². The van der Waals surface area contributed by atoms with Crippen LogP contribution in [-0.2, 0) is 4.79 Å². The van der Waals surface area contributed by atoms with Crippen molar-refractivity contribution in [3.05, 3.63) is 36.1 Å². The molecular formula is C16H18N2O3. The highest BCUT2D eigenvalue weighted by Crippen LogP contribution is 2.23. The molecule has 1 fully saturated rings. The zero-order chi connectivity index (χ0) is 15.0. The van der Waals surface area contributed by atoms with Gasteiger partial charge in [-0.25, -0.2) is 0 Å². The van der Waals surface area contributed by atoms with Gasteiger partial charge in [0, 0.05) is 18.5 Å². The Morgan fingerprint density at radius 2 is 2.14 bits per heavy atom. The van der Waals surface area contributed by atoms with E-state index in [1.54, 1.807) is 0 Å². The van der Waals surface area contributed by atoms with Gasteiger partial charge < -0.3 is 9.73 Å². The Morgan fingerprint density at radius 3 is 2.95 bits per heavy atom. The van der Waals surface area contributed by atoms with Gasteiger partial charge in [-0.3, -0.25) is 14.5 Å². The third kappa shape index (κ3) is 2.34. The number of furan rings is 1. The average molecular weight is 286 g/mol. The molecule has 5 nitrogen and oxygen atoms in total. The summed E-state index contributed by atoms with van der Waals surface area (Å²) < 4.78 is 5.41. The van der Waals surface area contributed by atoms with Crippen LogP contribution in [0.2, 0.25) is 0 Å². The lowest BCUT2D eigenvalue weighted by Crippen LogP contribution is -2.62. The summed E-state index contributed by atoms with van der Waals surface area (Å²) in [5.74, 6) is -0.0682. The molecule has 2 aromatic rings. The van der Waals surface area contributed by atoms with Crippen LogP contribution < -0.4 is 5.32 Å². The number of carbonyl (C=O) groups is 2. The highest BCUT2D eigenvalue weighted by molar-refractivity contribution is 6.08. The lowest BCUT2D eigenvalue weighted by atomic mass is 9.97. The molecule has 21 heavy (non-hydrogen) atoms. The van der Waals surface area contributed by atoms with E-state index in [-0.39, 0.29) is 18.2 Å². The van der Waals surface area contributed by atoms with Gasteiger partial charge in [-0.15, -0.1) is 0 Å². The molecule has 0 unspecified atom stereocenters. The lowest BCUT2D eigenvalue weighted by Gasteiger charge is -2.40. The number of ketones is 1. The maximum Gasteiger partial charge on any atom is 0.240 e. The number of para-hydroxylation sites is 1. The van der Waals surface area contributed by atoms with E-state index in [1.165, 1.54) is 6.26 Å². The van der Waals surface area contributed by atoms with Crippen LogP contribution in [0.5, 0.6) is 0 Å². The van der Waals surface area contributed by atoms with Gasteiger partial charge in [0.25, 0.3) is 0 Å². The van der Waals surface area contributed by atoms with Crippen LogP contribution in [-0.4, -0.2) is 41.8 Å². The van der Waals surface area contributed by atoms with E-state index in [2.05, 4.69) is 5.32 Å². The predicted octanol–water partition coefficient (Wildman–Crippen LogP) is 1.83. The van der Waals surface area contributed by atoms with Crippen LogP contribution in [0.3, 0.4) is 0 Å². The summed E-state index contributed by atoms with van der Waals surface area (Å²) in [6, 6.07) is 7.47. The molecule has 5 heteroatoms. The molecular weight excluding hydrogens is 268 g/mol. The SMILES string of the molecule is CC1(C)C(=O)NCCN1CC(=O)c1coc2ccccc12. The van der Waals surface area contributed by atoms with Gasteiger partial charge in [0.15, 0.2) is 5.78 Å². The number of hydrogen-bond donors (Lipinski definition) is 1. The molecule has 3 rings (SSSR count). The number of Topliss-reactive ketones (excluding diaryl/α,β-unsaturated/α-hetero) is 1. The van der Waals surface area contributed by atoms with Crippen molar-refractivity contribution < 1.29 is 14.0 Å². The average Bonchev–Trinajstić information content (AvgIpc) is 2.88. The molecule has 0 aliphatic carbocycles. The Kier molecular flexibility index (Phi) is 3.29. The zero-order valence-electron chi connectivity index (χ0n) is 12.2. The first kappa shape index (κ1) is 13.8. The van der Waals surface area contributed by atoms with Gasteiger partial charge >= 0.3 is 0 Å². The van der Waals surface area contributed by atoms with E-state index in [4.69, 9.17) is 4.42 Å². The number of piperazine rings is 1. The molecule has 1 amide bonds. The smallest absolute Gasteiger partial charge is 0.240 e. The van der Waals surface area contributed by atoms with Crippen LogP contribution >= 0.6 is 0 Å². The normalized spacial score (nSPS) is 18.7. The maximum atomic E-state index is 12.5. The second-order valence-electron chi connectivity index (χ2n) is 5.81.